The van der Waals surface area contributed by atoms with Crippen LogP contribution in [0.3, 0.4) is 0 Å². The summed E-state index contributed by atoms with van der Waals surface area (Å²) in [5.41, 5.74) is 5.09. The highest BCUT2D eigenvalue weighted by Gasteiger charge is 2.05. The smallest absolute Gasteiger partial charge is 0.0130 e. The van der Waals surface area contributed by atoms with Gasteiger partial charge in [-0.05, 0) is 57.0 Å². The van der Waals surface area contributed by atoms with Crippen LogP contribution in [0.15, 0.2) is 78.9 Å². The molecule has 0 atom stereocenters. The molecule has 0 aliphatic rings. The quantitative estimate of drug-likeness (QED) is 0.523. The molecular weight excluding hydrogens is 343 g/mol. The summed E-state index contributed by atoms with van der Waals surface area (Å²) in [5, 5.41) is 0. The van der Waals surface area contributed by atoms with Gasteiger partial charge in [-0.1, -0.05) is 66.7 Å². The Morgan fingerprint density at radius 2 is 0.947 bits per heavy atom. The van der Waals surface area contributed by atoms with Gasteiger partial charge in [0, 0.05) is 3.57 Å². The van der Waals surface area contributed by atoms with E-state index in [4.69, 9.17) is 0 Å². The summed E-state index contributed by atoms with van der Waals surface area (Å²) in [5.74, 6) is 0. The minimum absolute atomic E-state index is 1.26. The molecule has 0 saturated carbocycles. The Bertz CT molecular complexity index is 670. The fraction of sp³-hybridized carbons (Fsp3) is 0. The zero-order valence-corrected chi connectivity index (χ0v) is 12.5. The third-order valence-corrected chi connectivity index (χ3v) is 3.89. The van der Waals surface area contributed by atoms with Crippen LogP contribution in [0.2, 0.25) is 0 Å². The molecule has 0 radical (unpaired) electrons. The highest BCUT2D eigenvalue weighted by Crippen LogP contribution is 2.31. The predicted octanol–water partition coefficient (Wildman–Crippen LogP) is 5.63. The molecule has 92 valence electrons. The molecule has 0 aromatic heterocycles. The van der Waals surface area contributed by atoms with E-state index in [1.165, 1.54) is 25.8 Å². The first-order valence-electron chi connectivity index (χ1n) is 6.25. The van der Waals surface area contributed by atoms with Crippen LogP contribution in [-0.2, 0) is 0 Å². The zero-order valence-electron chi connectivity index (χ0n) is 10.4. The molecule has 3 rings (SSSR count). The Morgan fingerprint density at radius 3 is 1.53 bits per heavy atom. The van der Waals surface area contributed by atoms with E-state index in [1.807, 2.05) is 0 Å². The van der Waals surface area contributed by atoms with Crippen LogP contribution in [0.1, 0.15) is 0 Å². The van der Waals surface area contributed by atoms with Crippen molar-refractivity contribution in [3.05, 3.63) is 82.4 Å². The standard InChI is InChI=1S/C18H13I/c19-16-12-10-15(11-13-16)18-9-5-4-8-17(18)14-6-2-1-3-7-14/h1-13H. The molecule has 3 aromatic carbocycles. The Labute approximate surface area is 127 Å². The molecule has 0 aliphatic carbocycles. The maximum absolute atomic E-state index is 2.34. The molecule has 0 saturated heterocycles. The Hall–Kier alpha value is -1.61. The first-order valence-corrected chi connectivity index (χ1v) is 7.33. The molecule has 0 N–H and O–H groups in total. The van der Waals surface area contributed by atoms with Crippen molar-refractivity contribution in [1.29, 1.82) is 0 Å². The lowest BCUT2D eigenvalue weighted by molar-refractivity contribution is 1.57. The fourth-order valence-corrected chi connectivity index (χ4v) is 2.59. The van der Waals surface area contributed by atoms with Gasteiger partial charge >= 0.3 is 0 Å². The molecule has 0 spiro atoms. The second-order valence-corrected chi connectivity index (χ2v) is 5.66. The number of halogens is 1. The zero-order chi connectivity index (χ0) is 13.1. The van der Waals surface area contributed by atoms with E-state index in [9.17, 15) is 0 Å². The van der Waals surface area contributed by atoms with Gasteiger partial charge in [-0.3, -0.25) is 0 Å². The lowest BCUT2D eigenvalue weighted by Crippen LogP contribution is -1.84. The van der Waals surface area contributed by atoms with Crippen LogP contribution < -0.4 is 0 Å². The van der Waals surface area contributed by atoms with Crippen LogP contribution in [0, 0.1) is 3.57 Å². The molecule has 3 aromatic rings. The second kappa shape index (κ2) is 5.57. The van der Waals surface area contributed by atoms with Gasteiger partial charge in [0.05, 0.1) is 0 Å². The van der Waals surface area contributed by atoms with Crippen LogP contribution in [0.5, 0.6) is 0 Å². The van der Waals surface area contributed by atoms with Crippen molar-refractivity contribution in [2.45, 2.75) is 0 Å². The van der Waals surface area contributed by atoms with Crippen LogP contribution in [0.4, 0.5) is 0 Å². The van der Waals surface area contributed by atoms with Gasteiger partial charge in [0.1, 0.15) is 0 Å². The molecule has 19 heavy (non-hydrogen) atoms. The number of benzene rings is 3. The maximum Gasteiger partial charge on any atom is 0.0130 e. The normalized spacial score (nSPS) is 10.4. The first-order chi connectivity index (χ1) is 9.34. The van der Waals surface area contributed by atoms with Gasteiger partial charge in [-0.25, -0.2) is 0 Å². The summed E-state index contributed by atoms with van der Waals surface area (Å²) < 4.78 is 1.26. The van der Waals surface area contributed by atoms with Crippen molar-refractivity contribution >= 4 is 22.6 Å². The van der Waals surface area contributed by atoms with Gasteiger partial charge in [0.2, 0.25) is 0 Å². The predicted molar refractivity (Wildman–Crippen MR) is 90.0 cm³/mol. The van der Waals surface area contributed by atoms with Gasteiger partial charge < -0.3 is 0 Å². The van der Waals surface area contributed by atoms with E-state index in [0.717, 1.165) is 0 Å². The molecule has 0 unspecified atom stereocenters. The fourth-order valence-electron chi connectivity index (χ4n) is 2.23. The lowest BCUT2D eigenvalue weighted by atomic mass is 9.95. The SMILES string of the molecule is Ic1ccc(-c2ccccc2-c2ccccc2)cc1. The van der Waals surface area contributed by atoms with E-state index >= 15 is 0 Å². The third-order valence-electron chi connectivity index (χ3n) is 3.17. The number of hydrogen-bond acceptors (Lipinski definition) is 0. The summed E-state index contributed by atoms with van der Waals surface area (Å²) in [4.78, 5) is 0. The third kappa shape index (κ3) is 2.71. The molecule has 0 bridgehead atoms. The average Bonchev–Trinajstić information content (AvgIpc) is 2.49. The van der Waals surface area contributed by atoms with Crippen LogP contribution in [0.25, 0.3) is 22.3 Å². The monoisotopic (exact) mass is 356 g/mol. The first kappa shape index (κ1) is 12.4. The number of rotatable bonds is 2. The van der Waals surface area contributed by atoms with Crippen molar-refractivity contribution in [2.24, 2.45) is 0 Å². The Kier molecular flexibility index (Phi) is 3.65. The van der Waals surface area contributed by atoms with E-state index in [2.05, 4.69) is 101 Å². The van der Waals surface area contributed by atoms with Gasteiger partial charge in [0.25, 0.3) is 0 Å². The van der Waals surface area contributed by atoms with E-state index in [0.29, 0.717) is 0 Å². The molecule has 0 nitrogen and oxygen atoms in total. The summed E-state index contributed by atoms with van der Waals surface area (Å²) in [6, 6.07) is 27.8. The van der Waals surface area contributed by atoms with Crippen LogP contribution >= 0.6 is 22.6 Å². The molecular formula is C18H13I. The largest absolute Gasteiger partial charge is 0.0622 e. The van der Waals surface area contributed by atoms with E-state index < -0.39 is 0 Å². The topological polar surface area (TPSA) is 0 Å². The molecule has 0 amide bonds. The van der Waals surface area contributed by atoms with E-state index in [1.54, 1.807) is 0 Å². The summed E-state index contributed by atoms with van der Waals surface area (Å²) >= 11 is 2.34. The van der Waals surface area contributed by atoms with Crippen LogP contribution in [-0.4, -0.2) is 0 Å². The number of hydrogen-bond donors (Lipinski definition) is 0. The van der Waals surface area contributed by atoms with Crippen molar-refractivity contribution in [3.63, 3.8) is 0 Å². The van der Waals surface area contributed by atoms with Gasteiger partial charge in [-0.15, -0.1) is 0 Å². The second-order valence-electron chi connectivity index (χ2n) is 4.42. The van der Waals surface area contributed by atoms with Crippen molar-refractivity contribution in [1.82, 2.24) is 0 Å². The molecule has 0 fully saturated rings. The summed E-state index contributed by atoms with van der Waals surface area (Å²) in [7, 11) is 0. The highest BCUT2D eigenvalue weighted by molar-refractivity contribution is 14.1. The minimum Gasteiger partial charge on any atom is -0.0622 e. The van der Waals surface area contributed by atoms with Crippen molar-refractivity contribution < 1.29 is 0 Å². The Balaban J connectivity index is 2.15. The summed E-state index contributed by atoms with van der Waals surface area (Å²) in [6.45, 7) is 0. The Morgan fingerprint density at radius 1 is 0.474 bits per heavy atom. The maximum atomic E-state index is 2.34. The van der Waals surface area contributed by atoms with Crippen molar-refractivity contribution in [3.8, 4) is 22.3 Å². The average molecular weight is 356 g/mol. The van der Waals surface area contributed by atoms with Crippen molar-refractivity contribution in [2.75, 3.05) is 0 Å². The summed E-state index contributed by atoms with van der Waals surface area (Å²) in [6.07, 6.45) is 0. The molecule has 0 heterocycles. The highest BCUT2D eigenvalue weighted by atomic mass is 127. The minimum atomic E-state index is 1.26. The van der Waals surface area contributed by atoms with Gasteiger partial charge in [-0.2, -0.15) is 0 Å². The lowest BCUT2D eigenvalue weighted by Gasteiger charge is -2.10. The van der Waals surface area contributed by atoms with E-state index in [-0.39, 0.29) is 0 Å². The molecule has 0 aliphatic heterocycles. The van der Waals surface area contributed by atoms with Gasteiger partial charge in [0.15, 0.2) is 0 Å². The molecule has 1 heteroatoms.